The standard InChI is InChI=1S/C10H20N2O2/c1-4-9(10(13)14)12(3)8-5-6-11(2)7-8/h8-9H,4-7H2,1-3H3,(H,13,14). The van der Waals surface area contributed by atoms with Crippen LogP contribution in [0.2, 0.25) is 0 Å². The second-order valence-electron chi connectivity index (χ2n) is 4.13. The van der Waals surface area contributed by atoms with E-state index in [1.165, 1.54) is 0 Å². The summed E-state index contributed by atoms with van der Waals surface area (Å²) in [7, 11) is 4.00. The lowest BCUT2D eigenvalue weighted by atomic mass is 10.1. The molecule has 0 aromatic carbocycles. The number of carbonyl (C=O) groups is 1. The zero-order valence-corrected chi connectivity index (χ0v) is 9.23. The molecule has 1 heterocycles. The number of aliphatic carboxylic acids is 1. The Labute approximate surface area is 85.5 Å². The van der Waals surface area contributed by atoms with Gasteiger partial charge in [0.25, 0.3) is 0 Å². The van der Waals surface area contributed by atoms with E-state index in [0.29, 0.717) is 12.5 Å². The first-order valence-corrected chi connectivity index (χ1v) is 5.19. The molecule has 1 aliphatic heterocycles. The maximum atomic E-state index is 11.0. The third-order valence-electron chi connectivity index (χ3n) is 3.11. The smallest absolute Gasteiger partial charge is 0.320 e. The summed E-state index contributed by atoms with van der Waals surface area (Å²) in [5.41, 5.74) is 0. The van der Waals surface area contributed by atoms with E-state index in [-0.39, 0.29) is 6.04 Å². The van der Waals surface area contributed by atoms with Crippen LogP contribution in [0.5, 0.6) is 0 Å². The molecule has 1 fully saturated rings. The molecule has 0 aliphatic carbocycles. The highest BCUT2D eigenvalue weighted by Gasteiger charge is 2.30. The third-order valence-corrected chi connectivity index (χ3v) is 3.11. The van der Waals surface area contributed by atoms with Gasteiger partial charge in [-0.3, -0.25) is 9.69 Å². The average Bonchev–Trinajstić information content (AvgIpc) is 2.52. The minimum Gasteiger partial charge on any atom is -0.480 e. The van der Waals surface area contributed by atoms with Crippen molar-refractivity contribution in [1.82, 2.24) is 9.80 Å². The quantitative estimate of drug-likeness (QED) is 0.717. The first kappa shape index (κ1) is 11.5. The Morgan fingerprint density at radius 3 is 2.71 bits per heavy atom. The van der Waals surface area contributed by atoms with Gasteiger partial charge in [-0.15, -0.1) is 0 Å². The van der Waals surface area contributed by atoms with E-state index in [1.54, 1.807) is 0 Å². The van der Waals surface area contributed by atoms with E-state index in [0.717, 1.165) is 19.5 Å². The highest BCUT2D eigenvalue weighted by Crippen LogP contribution is 2.16. The number of rotatable bonds is 4. The van der Waals surface area contributed by atoms with Gasteiger partial charge >= 0.3 is 5.97 Å². The van der Waals surface area contributed by atoms with Gasteiger partial charge in [0.05, 0.1) is 0 Å². The Hall–Kier alpha value is -0.610. The molecule has 4 nitrogen and oxygen atoms in total. The molecule has 1 saturated heterocycles. The number of likely N-dealkylation sites (tertiary alicyclic amines) is 1. The highest BCUT2D eigenvalue weighted by molar-refractivity contribution is 5.73. The van der Waals surface area contributed by atoms with Gasteiger partial charge in [0.2, 0.25) is 0 Å². The number of likely N-dealkylation sites (N-methyl/N-ethyl adjacent to an activating group) is 2. The van der Waals surface area contributed by atoms with Crippen LogP contribution in [0.15, 0.2) is 0 Å². The summed E-state index contributed by atoms with van der Waals surface area (Å²) in [4.78, 5) is 15.2. The normalized spacial score (nSPS) is 25.6. The first-order chi connectivity index (χ1) is 6.56. The molecule has 2 unspecified atom stereocenters. The van der Waals surface area contributed by atoms with E-state index < -0.39 is 5.97 Å². The Morgan fingerprint density at radius 2 is 2.36 bits per heavy atom. The SMILES string of the molecule is CCC(C(=O)O)N(C)C1CCN(C)C1. The lowest BCUT2D eigenvalue weighted by Gasteiger charge is -2.29. The van der Waals surface area contributed by atoms with Crippen LogP contribution in [0, 0.1) is 0 Å². The number of hydrogen-bond acceptors (Lipinski definition) is 3. The molecule has 1 rings (SSSR count). The molecule has 1 N–H and O–H groups in total. The van der Waals surface area contributed by atoms with Gasteiger partial charge in [-0.2, -0.15) is 0 Å². The largest absolute Gasteiger partial charge is 0.480 e. The number of carboxylic acid groups (broad SMARTS) is 1. The van der Waals surface area contributed by atoms with Crippen LogP contribution in [0.25, 0.3) is 0 Å². The fraction of sp³-hybridized carbons (Fsp3) is 0.900. The molecule has 2 atom stereocenters. The lowest BCUT2D eigenvalue weighted by Crippen LogP contribution is -2.45. The summed E-state index contributed by atoms with van der Waals surface area (Å²) in [6.07, 6.45) is 1.75. The number of hydrogen-bond donors (Lipinski definition) is 1. The van der Waals surface area contributed by atoms with Crippen LogP contribution in [0.1, 0.15) is 19.8 Å². The van der Waals surface area contributed by atoms with Crippen molar-refractivity contribution in [2.75, 3.05) is 27.2 Å². The fourth-order valence-electron chi connectivity index (χ4n) is 2.14. The van der Waals surface area contributed by atoms with Crippen LogP contribution < -0.4 is 0 Å². The van der Waals surface area contributed by atoms with Crippen molar-refractivity contribution in [3.05, 3.63) is 0 Å². The minimum absolute atomic E-state index is 0.327. The van der Waals surface area contributed by atoms with Crippen molar-refractivity contribution in [3.63, 3.8) is 0 Å². The molecule has 82 valence electrons. The van der Waals surface area contributed by atoms with Gasteiger partial charge in [0.15, 0.2) is 0 Å². The van der Waals surface area contributed by atoms with Gasteiger partial charge in [0, 0.05) is 12.6 Å². The predicted octanol–water partition coefficient (Wildman–Crippen LogP) is 0.486. The molecular weight excluding hydrogens is 180 g/mol. The van der Waals surface area contributed by atoms with Crippen molar-refractivity contribution in [2.45, 2.75) is 31.8 Å². The fourth-order valence-corrected chi connectivity index (χ4v) is 2.14. The van der Waals surface area contributed by atoms with Gasteiger partial charge in [-0.25, -0.2) is 0 Å². The molecule has 0 saturated carbocycles. The summed E-state index contributed by atoms with van der Waals surface area (Å²) in [6, 6.07) is 0.0764. The summed E-state index contributed by atoms with van der Waals surface area (Å²) in [6.45, 7) is 3.99. The van der Waals surface area contributed by atoms with Crippen LogP contribution in [0.3, 0.4) is 0 Å². The molecule has 14 heavy (non-hydrogen) atoms. The van der Waals surface area contributed by atoms with Crippen LogP contribution in [-0.4, -0.2) is 60.1 Å². The number of nitrogens with zero attached hydrogens (tertiary/aromatic N) is 2. The average molecular weight is 200 g/mol. The highest BCUT2D eigenvalue weighted by atomic mass is 16.4. The van der Waals surface area contributed by atoms with Gasteiger partial charge in [0.1, 0.15) is 6.04 Å². The molecule has 0 aromatic heterocycles. The first-order valence-electron chi connectivity index (χ1n) is 5.19. The zero-order chi connectivity index (χ0) is 10.7. The third kappa shape index (κ3) is 2.45. The molecule has 0 aromatic rings. The van der Waals surface area contributed by atoms with E-state index in [4.69, 9.17) is 5.11 Å². The van der Waals surface area contributed by atoms with Crippen molar-refractivity contribution >= 4 is 5.97 Å². The zero-order valence-electron chi connectivity index (χ0n) is 9.23. The second kappa shape index (κ2) is 4.75. The van der Waals surface area contributed by atoms with E-state index in [2.05, 4.69) is 11.9 Å². The van der Waals surface area contributed by atoms with E-state index in [1.807, 2.05) is 18.9 Å². The summed E-state index contributed by atoms with van der Waals surface area (Å²) in [5, 5.41) is 9.01. The monoisotopic (exact) mass is 200 g/mol. The molecule has 0 bridgehead atoms. The van der Waals surface area contributed by atoms with Gasteiger partial charge < -0.3 is 10.0 Å². The Balaban J connectivity index is 2.54. The lowest BCUT2D eigenvalue weighted by molar-refractivity contribution is -0.143. The molecule has 0 radical (unpaired) electrons. The maximum absolute atomic E-state index is 11.0. The Kier molecular flexibility index (Phi) is 3.89. The van der Waals surface area contributed by atoms with Crippen molar-refractivity contribution < 1.29 is 9.90 Å². The molecule has 1 aliphatic rings. The molecule has 0 amide bonds. The summed E-state index contributed by atoms with van der Waals surface area (Å²) in [5.74, 6) is -0.704. The van der Waals surface area contributed by atoms with Crippen LogP contribution in [0.4, 0.5) is 0 Å². The maximum Gasteiger partial charge on any atom is 0.320 e. The van der Waals surface area contributed by atoms with Crippen molar-refractivity contribution in [1.29, 1.82) is 0 Å². The van der Waals surface area contributed by atoms with Gasteiger partial charge in [-0.1, -0.05) is 6.92 Å². The molecule has 0 spiro atoms. The van der Waals surface area contributed by atoms with E-state index in [9.17, 15) is 4.79 Å². The predicted molar refractivity (Wildman–Crippen MR) is 55.4 cm³/mol. The number of carboxylic acids is 1. The summed E-state index contributed by atoms with van der Waals surface area (Å²) >= 11 is 0. The minimum atomic E-state index is -0.704. The summed E-state index contributed by atoms with van der Waals surface area (Å²) < 4.78 is 0. The molecule has 4 heteroatoms. The second-order valence-corrected chi connectivity index (χ2v) is 4.13. The van der Waals surface area contributed by atoms with Crippen molar-refractivity contribution in [2.24, 2.45) is 0 Å². The Morgan fingerprint density at radius 1 is 1.71 bits per heavy atom. The molecular formula is C10H20N2O2. The van der Waals surface area contributed by atoms with Crippen LogP contribution >= 0.6 is 0 Å². The van der Waals surface area contributed by atoms with E-state index >= 15 is 0 Å². The topological polar surface area (TPSA) is 43.8 Å². The van der Waals surface area contributed by atoms with Crippen molar-refractivity contribution in [3.8, 4) is 0 Å². The van der Waals surface area contributed by atoms with Gasteiger partial charge in [-0.05, 0) is 33.5 Å². The Bertz CT molecular complexity index is 208. The van der Waals surface area contributed by atoms with Crippen LogP contribution in [-0.2, 0) is 4.79 Å².